The molecular formula is C24H20N4O4S. The molecule has 1 atom stereocenters. The van der Waals surface area contributed by atoms with Gasteiger partial charge in [0.15, 0.2) is 5.17 Å². The number of non-ortho nitro benzene ring substituents is 1. The van der Waals surface area contributed by atoms with Gasteiger partial charge in [0, 0.05) is 35.7 Å². The Morgan fingerprint density at radius 2 is 1.94 bits per heavy atom. The Bertz CT molecular complexity index is 1350. The fourth-order valence-corrected chi connectivity index (χ4v) is 5.37. The van der Waals surface area contributed by atoms with Crippen LogP contribution in [0.25, 0.3) is 10.8 Å². The number of aliphatic imine (C=N–C) groups is 1. The molecule has 0 aliphatic carbocycles. The summed E-state index contributed by atoms with van der Waals surface area (Å²) in [7, 11) is 0. The molecule has 0 saturated carbocycles. The number of amidine groups is 1. The van der Waals surface area contributed by atoms with E-state index in [1.54, 1.807) is 24.8 Å². The molecule has 1 unspecified atom stereocenters. The number of anilines is 1. The maximum Gasteiger partial charge on any atom is 0.269 e. The first-order chi connectivity index (χ1) is 15.9. The number of thioether (sulfide) groups is 1. The average Bonchev–Trinajstić information content (AvgIpc) is 3.27. The molecule has 0 aromatic heterocycles. The molecule has 1 fully saturated rings. The maximum atomic E-state index is 13.5. The van der Waals surface area contributed by atoms with Crippen LogP contribution in [0.5, 0.6) is 5.75 Å². The van der Waals surface area contributed by atoms with Crippen LogP contribution in [-0.4, -0.2) is 38.3 Å². The largest absolute Gasteiger partial charge is 0.508 e. The number of nitro groups is 1. The molecule has 8 nitrogen and oxygen atoms in total. The monoisotopic (exact) mass is 460 g/mol. The third-order valence-corrected chi connectivity index (χ3v) is 6.82. The predicted octanol–water partition coefficient (Wildman–Crippen LogP) is 4.83. The highest BCUT2D eigenvalue weighted by Crippen LogP contribution is 2.45. The second-order valence-electron chi connectivity index (χ2n) is 7.82. The van der Waals surface area contributed by atoms with Crippen LogP contribution in [0, 0.1) is 10.1 Å². The second-order valence-corrected chi connectivity index (χ2v) is 8.88. The zero-order valence-corrected chi connectivity index (χ0v) is 18.5. The van der Waals surface area contributed by atoms with E-state index in [4.69, 9.17) is 0 Å². The lowest BCUT2D eigenvalue weighted by Crippen LogP contribution is -2.37. The van der Waals surface area contributed by atoms with Crippen molar-refractivity contribution in [2.45, 2.75) is 13.0 Å². The summed E-state index contributed by atoms with van der Waals surface area (Å²) in [5, 5.41) is 27.4. The number of fused-ring (bicyclic) bond motifs is 2. The van der Waals surface area contributed by atoms with Gasteiger partial charge in [-0.25, -0.2) is 4.99 Å². The van der Waals surface area contributed by atoms with Gasteiger partial charge in [-0.3, -0.25) is 14.9 Å². The zero-order valence-electron chi connectivity index (χ0n) is 17.7. The first-order valence-corrected chi connectivity index (χ1v) is 11.4. The van der Waals surface area contributed by atoms with Crippen molar-refractivity contribution in [1.29, 1.82) is 0 Å². The van der Waals surface area contributed by atoms with E-state index in [0.29, 0.717) is 29.1 Å². The number of allylic oxidation sites excluding steroid dienone is 1. The summed E-state index contributed by atoms with van der Waals surface area (Å²) >= 11 is 1.63. The van der Waals surface area contributed by atoms with E-state index in [2.05, 4.69) is 15.2 Å². The van der Waals surface area contributed by atoms with Gasteiger partial charge in [0.25, 0.3) is 11.6 Å². The molecule has 2 aliphatic heterocycles. The third kappa shape index (κ3) is 3.70. The van der Waals surface area contributed by atoms with Gasteiger partial charge >= 0.3 is 0 Å². The van der Waals surface area contributed by atoms with Crippen molar-refractivity contribution in [3.05, 3.63) is 87.6 Å². The Hall–Kier alpha value is -3.85. The van der Waals surface area contributed by atoms with E-state index >= 15 is 0 Å². The number of amides is 1. The fourth-order valence-electron chi connectivity index (χ4n) is 4.33. The molecule has 3 aromatic rings. The highest BCUT2D eigenvalue weighted by molar-refractivity contribution is 8.14. The topological polar surface area (TPSA) is 108 Å². The lowest BCUT2D eigenvalue weighted by Gasteiger charge is -2.35. The van der Waals surface area contributed by atoms with Gasteiger partial charge in [0.2, 0.25) is 0 Å². The van der Waals surface area contributed by atoms with Crippen molar-refractivity contribution in [3.63, 3.8) is 0 Å². The highest BCUT2D eigenvalue weighted by Gasteiger charge is 2.40. The summed E-state index contributed by atoms with van der Waals surface area (Å²) < 4.78 is 0. The molecule has 0 radical (unpaired) electrons. The molecule has 2 N–H and O–H groups in total. The fraction of sp³-hybridized carbons (Fsp3) is 0.167. The quantitative estimate of drug-likeness (QED) is 0.427. The predicted molar refractivity (Wildman–Crippen MR) is 129 cm³/mol. The zero-order chi connectivity index (χ0) is 23.1. The third-order valence-electron chi connectivity index (χ3n) is 5.85. The minimum atomic E-state index is -0.517. The molecule has 166 valence electrons. The smallest absolute Gasteiger partial charge is 0.269 e. The number of hydrogen-bond donors (Lipinski definition) is 2. The number of nitrogens with zero attached hydrogens (tertiary/aromatic N) is 3. The van der Waals surface area contributed by atoms with Crippen molar-refractivity contribution < 1.29 is 14.8 Å². The Morgan fingerprint density at radius 1 is 1.18 bits per heavy atom. The van der Waals surface area contributed by atoms with Crippen LogP contribution in [0.1, 0.15) is 18.5 Å². The van der Waals surface area contributed by atoms with Crippen LogP contribution < -0.4 is 5.32 Å². The van der Waals surface area contributed by atoms with Crippen molar-refractivity contribution >= 4 is 45.0 Å². The molecule has 2 heterocycles. The van der Waals surface area contributed by atoms with Crippen molar-refractivity contribution in [2.24, 2.45) is 4.99 Å². The van der Waals surface area contributed by atoms with Gasteiger partial charge in [-0.1, -0.05) is 42.1 Å². The van der Waals surface area contributed by atoms with Crippen LogP contribution in [-0.2, 0) is 4.79 Å². The molecule has 33 heavy (non-hydrogen) atoms. The van der Waals surface area contributed by atoms with E-state index in [-0.39, 0.29) is 17.3 Å². The van der Waals surface area contributed by atoms with Gasteiger partial charge in [-0.05, 0) is 35.9 Å². The van der Waals surface area contributed by atoms with Crippen molar-refractivity contribution in [1.82, 2.24) is 4.90 Å². The summed E-state index contributed by atoms with van der Waals surface area (Å²) in [6.07, 6.45) is 0. The Balaban J connectivity index is 1.60. The Labute approximate surface area is 193 Å². The number of carbonyl (C=O) groups is 1. The molecular weight excluding hydrogens is 440 g/mol. The lowest BCUT2D eigenvalue weighted by molar-refractivity contribution is -0.384. The minimum Gasteiger partial charge on any atom is -0.508 e. The number of hydrogen-bond acceptors (Lipinski definition) is 7. The standard InChI is InChI=1S/C24H20N4O4S/c1-14-20(23(30)26-16-7-9-17(10-8-16)28(31)32)22(27-12-13-33-24(27)25-14)21-18-5-3-2-4-15(18)6-11-19(21)29/h2-11,22,29H,12-13H2,1H3,(H,26,30). The van der Waals surface area contributed by atoms with Crippen LogP contribution >= 0.6 is 11.8 Å². The SMILES string of the molecule is CC1=C(C(=O)Nc2ccc([N+](=O)[O-])cc2)C(c2c(O)ccc3ccccc23)N2CCSC2=N1. The van der Waals surface area contributed by atoms with E-state index < -0.39 is 11.0 Å². The minimum absolute atomic E-state index is 0.0528. The van der Waals surface area contributed by atoms with E-state index in [1.165, 1.54) is 24.3 Å². The number of rotatable bonds is 4. The van der Waals surface area contributed by atoms with Crippen molar-refractivity contribution in [3.8, 4) is 5.75 Å². The van der Waals surface area contributed by atoms with Gasteiger partial charge < -0.3 is 15.3 Å². The summed E-state index contributed by atoms with van der Waals surface area (Å²) in [6.45, 7) is 2.49. The number of benzene rings is 3. The molecule has 2 aliphatic rings. The molecule has 0 spiro atoms. The van der Waals surface area contributed by atoms with E-state index in [1.807, 2.05) is 30.3 Å². The molecule has 0 bridgehead atoms. The van der Waals surface area contributed by atoms with Crippen LogP contribution in [0.2, 0.25) is 0 Å². The molecule has 1 saturated heterocycles. The number of carbonyl (C=O) groups excluding carboxylic acids is 1. The van der Waals surface area contributed by atoms with E-state index in [9.17, 15) is 20.0 Å². The van der Waals surface area contributed by atoms with Crippen LogP contribution in [0.3, 0.4) is 0 Å². The first kappa shape index (κ1) is 21.0. The molecule has 5 rings (SSSR count). The number of nitrogens with one attached hydrogen (secondary N) is 1. The molecule has 3 aromatic carbocycles. The number of phenols is 1. The highest BCUT2D eigenvalue weighted by atomic mass is 32.2. The summed E-state index contributed by atoms with van der Waals surface area (Å²) in [4.78, 5) is 30.7. The first-order valence-electron chi connectivity index (χ1n) is 10.4. The summed E-state index contributed by atoms with van der Waals surface area (Å²) in [5.74, 6) is 0.592. The molecule has 1 amide bonds. The van der Waals surface area contributed by atoms with Crippen LogP contribution in [0.4, 0.5) is 11.4 Å². The normalized spacial score (nSPS) is 17.7. The maximum absolute atomic E-state index is 13.5. The van der Waals surface area contributed by atoms with Gasteiger partial charge in [-0.15, -0.1) is 0 Å². The van der Waals surface area contributed by atoms with E-state index in [0.717, 1.165) is 21.7 Å². The Kier molecular flexibility index (Phi) is 5.26. The lowest BCUT2D eigenvalue weighted by atomic mass is 9.89. The van der Waals surface area contributed by atoms with Gasteiger partial charge in [0.1, 0.15) is 5.75 Å². The van der Waals surface area contributed by atoms with Gasteiger partial charge in [0.05, 0.1) is 22.2 Å². The van der Waals surface area contributed by atoms with Gasteiger partial charge in [-0.2, -0.15) is 0 Å². The van der Waals surface area contributed by atoms with Crippen molar-refractivity contribution in [2.75, 3.05) is 17.6 Å². The number of aromatic hydroxyl groups is 1. The second kappa shape index (κ2) is 8.25. The molecule has 9 heteroatoms. The number of nitro benzene ring substituents is 1. The number of phenolic OH excluding ortho intramolecular Hbond substituents is 1. The average molecular weight is 461 g/mol. The Morgan fingerprint density at radius 3 is 2.70 bits per heavy atom. The van der Waals surface area contributed by atoms with Crippen LogP contribution in [0.15, 0.2) is 76.9 Å². The summed E-state index contributed by atoms with van der Waals surface area (Å²) in [6, 6.07) is 16.5. The summed E-state index contributed by atoms with van der Waals surface area (Å²) in [5.41, 5.74) is 2.06.